The molecule has 202 valence electrons. The van der Waals surface area contributed by atoms with Gasteiger partial charge in [-0.1, -0.05) is 13.3 Å². The second-order valence-corrected chi connectivity index (χ2v) is 9.85. The number of piperidine rings is 1. The number of aromatic hydroxyl groups is 1. The van der Waals surface area contributed by atoms with Crippen LogP contribution in [0.15, 0.2) is 35.7 Å². The smallest absolute Gasteiger partial charge is 0.416 e. The number of carbonyl (C=O) groups excluding carboxylic acids is 1. The van der Waals surface area contributed by atoms with Crippen molar-refractivity contribution in [3.05, 3.63) is 46.8 Å². The summed E-state index contributed by atoms with van der Waals surface area (Å²) in [7, 11) is 0. The molecular formula is C26H40F3N5O2. The number of allylic oxidation sites excluding steroid dienone is 2. The zero-order chi connectivity index (χ0) is 27.0. The Balaban J connectivity index is 0.000000558. The van der Waals surface area contributed by atoms with E-state index in [4.69, 9.17) is 17.2 Å². The number of nitrogens with two attached hydrogens (primary N) is 3. The molecule has 1 heterocycles. The second kappa shape index (κ2) is 13.0. The lowest BCUT2D eigenvalue weighted by Gasteiger charge is -2.33. The van der Waals surface area contributed by atoms with E-state index >= 15 is 0 Å². The summed E-state index contributed by atoms with van der Waals surface area (Å²) in [6, 6.07) is 3.27. The number of rotatable bonds is 7. The van der Waals surface area contributed by atoms with E-state index in [-0.39, 0.29) is 23.1 Å². The van der Waals surface area contributed by atoms with Gasteiger partial charge in [-0.25, -0.2) is 0 Å². The van der Waals surface area contributed by atoms with Gasteiger partial charge < -0.3 is 27.6 Å². The molecule has 36 heavy (non-hydrogen) atoms. The number of likely N-dealkylation sites (tertiary alicyclic amines) is 1. The van der Waals surface area contributed by atoms with Crippen LogP contribution in [0.4, 0.5) is 13.2 Å². The zero-order valence-corrected chi connectivity index (χ0v) is 21.4. The molecule has 0 bridgehead atoms. The quantitative estimate of drug-likeness (QED) is 0.353. The summed E-state index contributed by atoms with van der Waals surface area (Å²) in [4.78, 5) is 13.4. The number of hydrogen-bond acceptors (Lipinski definition) is 7. The average Bonchev–Trinajstić information content (AvgIpc) is 2.75. The fourth-order valence-electron chi connectivity index (χ4n) is 4.49. The van der Waals surface area contributed by atoms with Crippen LogP contribution < -0.4 is 22.5 Å². The predicted molar refractivity (Wildman–Crippen MR) is 136 cm³/mol. The minimum absolute atomic E-state index is 0.0767. The summed E-state index contributed by atoms with van der Waals surface area (Å²) >= 11 is 0. The Hall–Kier alpha value is -2.72. The van der Waals surface area contributed by atoms with E-state index in [0.717, 1.165) is 37.4 Å². The number of Topliss-reactive ketones (excluding diaryl/α,β-unsaturated/α-hetero) is 1. The maximum Gasteiger partial charge on any atom is 0.416 e. The number of nitrogens with one attached hydrogen (secondary N) is 1. The molecule has 10 heteroatoms. The van der Waals surface area contributed by atoms with Gasteiger partial charge in [0.15, 0.2) is 0 Å². The molecule has 1 aliphatic heterocycles. The van der Waals surface area contributed by atoms with Gasteiger partial charge in [0.2, 0.25) is 0 Å². The summed E-state index contributed by atoms with van der Waals surface area (Å²) in [6.07, 6.45) is 2.75. The molecule has 8 N–H and O–H groups in total. The summed E-state index contributed by atoms with van der Waals surface area (Å²) in [5, 5.41) is 13.1. The second-order valence-electron chi connectivity index (χ2n) is 9.85. The van der Waals surface area contributed by atoms with Crippen molar-refractivity contribution in [2.24, 2.45) is 23.1 Å². The maximum atomic E-state index is 12.7. The zero-order valence-electron chi connectivity index (χ0n) is 21.4. The average molecular weight is 512 g/mol. The first-order valence-corrected chi connectivity index (χ1v) is 12.4. The molecule has 7 nitrogen and oxygen atoms in total. The van der Waals surface area contributed by atoms with Crippen molar-refractivity contribution in [1.29, 1.82) is 0 Å². The topological polar surface area (TPSA) is 131 Å². The molecule has 1 atom stereocenters. The molecule has 1 aliphatic carbocycles. The minimum Gasteiger partial charge on any atom is -0.507 e. The first kappa shape index (κ1) is 29.5. The maximum absolute atomic E-state index is 12.7. The third-order valence-corrected chi connectivity index (χ3v) is 6.58. The van der Waals surface area contributed by atoms with Crippen LogP contribution in [0.5, 0.6) is 5.75 Å². The van der Waals surface area contributed by atoms with Crippen molar-refractivity contribution >= 4 is 11.5 Å². The highest BCUT2D eigenvalue weighted by molar-refractivity contribution is 5.77. The molecule has 0 aromatic heterocycles. The molecule has 2 aliphatic rings. The largest absolute Gasteiger partial charge is 0.507 e. The normalized spacial score (nSPS) is 23.6. The highest BCUT2D eigenvalue weighted by Crippen LogP contribution is 2.34. The van der Waals surface area contributed by atoms with Gasteiger partial charge in [0.25, 0.3) is 0 Å². The van der Waals surface area contributed by atoms with Gasteiger partial charge in [0.1, 0.15) is 11.5 Å². The number of phenolic OH excluding ortho intramolecular Hbond substituents is 1. The number of nitrogens with zero attached hydrogens (tertiary/aromatic N) is 1. The first-order valence-electron chi connectivity index (χ1n) is 12.4. The van der Waals surface area contributed by atoms with Crippen molar-refractivity contribution in [1.82, 2.24) is 10.2 Å². The first-order chi connectivity index (χ1) is 16.8. The van der Waals surface area contributed by atoms with Gasteiger partial charge in [0.05, 0.1) is 17.9 Å². The molecule has 0 radical (unpaired) electrons. The van der Waals surface area contributed by atoms with Gasteiger partial charge in [-0.3, -0.25) is 9.69 Å². The number of carbonyl (C=O) groups is 1. The van der Waals surface area contributed by atoms with Crippen LogP contribution >= 0.6 is 0 Å². The third-order valence-electron chi connectivity index (χ3n) is 6.58. The molecule has 1 saturated heterocycles. The Morgan fingerprint density at radius 1 is 1.25 bits per heavy atom. The van der Waals surface area contributed by atoms with Crippen LogP contribution in [0.2, 0.25) is 0 Å². The van der Waals surface area contributed by atoms with Crippen LogP contribution in [0.1, 0.15) is 64.0 Å². The van der Waals surface area contributed by atoms with E-state index in [1.54, 1.807) is 19.9 Å². The Bertz CT molecular complexity index is 955. The minimum atomic E-state index is -4.55. The number of hydrogen-bond donors (Lipinski definition) is 5. The molecule has 1 aromatic rings. The molecule has 1 saturated carbocycles. The number of phenols is 1. The third kappa shape index (κ3) is 9.05. The monoisotopic (exact) mass is 511 g/mol. The van der Waals surface area contributed by atoms with E-state index < -0.39 is 17.5 Å². The van der Waals surface area contributed by atoms with Crippen molar-refractivity contribution < 1.29 is 23.1 Å². The number of halogens is 3. The van der Waals surface area contributed by atoms with Crippen LogP contribution in [0.25, 0.3) is 5.70 Å². The van der Waals surface area contributed by atoms with Crippen LogP contribution in [0.3, 0.4) is 0 Å². The van der Waals surface area contributed by atoms with E-state index in [1.165, 1.54) is 19.3 Å². The number of alkyl halides is 3. The van der Waals surface area contributed by atoms with Crippen molar-refractivity contribution in [2.75, 3.05) is 19.6 Å². The summed E-state index contributed by atoms with van der Waals surface area (Å²) in [5.74, 6) is 0.877. The van der Waals surface area contributed by atoms with Gasteiger partial charge in [-0.05, 0) is 81.8 Å². The standard InChI is InChI=1S/C20H27F3N4O2.C6H13N/c1-12(19(25)16-6-5-14(9-17(16)29)20(21,22)23)8-18(24)26-15-4-3-7-27(11-15)10-13(2)28;1-2-5-3-6(7)4-5/h5-6,8-9,15,26,29H,3-4,7,10-11,24-25H2,1-2H3;5-6H,2-4,7H2,1H3/b18-8+,19-12-;. The van der Waals surface area contributed by atoms with E-state index in [9.17, 15) is 23.1 Å². The Kier molecular flexibility index (Phi) is 10.7. The molecular weight excluding hydrogens is 471 g/mol. The highest BCUT2D eigenvalue weighted by atomic mass is 19.4. The van der Waals surface area contributed by atoms with Crippen LogP contribution in [0, 0.1) is 5.92 Å². The lowest BCUT2D eigenvalue weighted by atomic mass is 9.79. The predicted octanol–water partition coefficient (Wildman–Crippen LogP) is 3.68. The van der Waals surface area contributed by atoms with Crippen LogP contribution in [-0.4, -0.2) is 47.5 Å². The molecule has 1 unspecified atom stereocenters. The lowest BCUT2D eigenvalue weighted by Crippen LogP contribution is -2.47. The van der Waals surface area contributed by atoms with Crippen molar-refractivity contribution in [2.45, 2.75) is 71.1 Å². The van der Waals surface area contributed by atoms with Crippen LogP contribution in [-0.2, 0) is 11.0 Å². The fourth-order valence-corrected chi connectivity index (χ4v) is 4.49. The van der Waals surface area contributed by atoms with E-state index in [2.05, 4.69) is 17.1 Å². The Morgan fingerprint density at radius 2 is 1.92 bits per heavy atom. The highest BCUT2D eigenvalue weighted by Gasteiger charge is 2.31. The Morgan fingerprint density at radius 3 is 2.42 bits per heavy atom. The van der Waals surface area contributed by atoms with E-state index in [0.29, 0.717) is 36.6 Å². The summed E-state index contributed by atoms with van der Waals surface area (Å²) in [6.45, 7) is 7.40. The molecule has 2 fully saturated rings. The van der Waals surface area contributed by atoms with Crippen molar-refractivity contribution in [3.8, 4) is 5.75 Å². The van der Waals surface area contributed by atoms with Gasteiger partial charge >= 0.3 is 6.18 Å². The molecule has 0 amide bonds. The summed E-state index contributed by atoms with van der Waals surface area (Å²) in [5.41, 5.74) is 17.4. The molecule has 1 aromatic carbocycles. The lowest BCUT2D eigenvalue weighted by molar-refractivity contribution is -0.137. The van der Waals surface area contributed by atoms with Gasteiger partial charge in [0, 0.05) is 29.9 Å². The summed E-state index contributed by atoms with van der Waals surface area (Å²) < 4.78 is 38.2. The fraction of sp³-hybridized carbons (Fsp3) is 0.577. The van der Waals surface area contributed by atoms with E-state index in [1.807, 2.05) is 0 Å². The van der Waals surface area contributed by atoms with Gasteiger partial charge in [-0.15, -0.1) is 0 Å². The Labute approximate surface area is 211 Å². The number of ketones is 1. The SMILES string of the molecule is CC(=O)CN1CCCC(N/C(N)=C/C(C)=C(\N)c2ccc(C(F)(F)F)cc2O)C1.CCC1CC(N)C1. The van der Waals surface area contributed by atoms with Gasteiger partial charge in [-0.2, -0.15) is 13.2 Å². The molecule has 3 rings (SSSR count). The molecule has 0 spiro atoms. The number of benzene rings is 1. The van der Waals surface area contributed by atoms with Crippen molar-refractivity contribution in [3.63, 3.8) is 0 Å².